The molecule has 0 bridgehead atoms. The van der Waals surface area contributed by atoms with Gasteiger partial charge in [0, 0.05) is 25.7 Å². The predicted molar refractivity (Wildman–Crippen MR) is 101 cm³/mol. The fraction of sp³-hybridized carbons (Fsp3) is 0.667. The number of carboxylic acid groups (broad SMARTS) is 6. The highest BCUT2D eigenvalue weighted by Gasteiger charge is 2.01. The van der Waals surface area contributed by atoms with E-state index in [0.29, 0.717) is 25.7 Å². The first-order valence-corrected chi connectivity index (χ1v) is 9.19. The van der Waals surface area contributed by atoms with E-state index in [0.717, 1.165) is 12.8 Å². The minimum Gasteiger partial charge on any atom is -0.481 e. The molecular weight excluding hydrogens is 408 g/mol. The fourth-order valence-corrected chi connectivity index (χ4v) is 1.67. The van der Waals surface area contributed by atoms with E-state index in [1.165, 1.54) is 0 Å². The number of aliphatic carboxylic acids is 6. The summed E-state index contributed by atoms with van der Waals surface area (Å²) in [5.74, 6) is -5.46. The summed E-state index contributed by atoms with van der Waals surface area (Å²) in [6.07, 6.45) is 3.71. The van der Waals surface area contributed by atoms with Crippen molar-refractivity contribution >= 4 is 35.8 Å². The lowest BCUT2D eigenvalue weighted by atomic mass is 10.1. The molecule has 0 aromatic rings. The summed E-state index contributed by atoms with van der Waals surface area (Å²) in [4.78, 5) is 59.2. The highest BCUT2D eigenvalue weighted by atomic mass is 16.4. The van der Waals surface area contributed by atoms with Gasteiger partial charge in [-0.3, -0.25) is 28.8 Å². The van der Waals surface area contributed by atoms with Crippen molar-refractivity contribution < 1.29 is 59.4 Å². The number of rotatable bonds is 15. The van der Waals surface area contributed by atoms with Gasteiger partial charge >= 0.3 is 35.8 Å². The molecule has 0 aromatic carbocycles. The molecule has 0 saturated carbocycles. The second kappa shape index (κ2) is 22.1. The van der Waals surface area contributed by atoms with Crippen molar-refractivity contribution in [2.75, 3.05) is 0 Å². The number of hydrogen-bond donors (Lipinski definition) is 6. The van der Waals surface area contributed by atoms with Crippen molar-refractivity contribution in [3.63, 3.8) is 0 Å². The van der Waals surface area contributed by atoms with Crippen LogP contribution in [0.2, 0.25) is 0 Å². The first-order valence-electron chi connectivity index (χ1n) is 9.19. The van der Waals surface area contributed by atoms with Gasteiger partial charge in [-0.15, -0.1) is 0 Å². The normalized spacial score (nSPS) is 9.20. The molecule has 0 fully saturated rings. The SMILES string of the molecule is O=C(O)CCC(=O)O.O=C(O)CCCCC(=O)O.O=C(O)CCCCCCC(=O)O. The van der Waals surface area contributed by atoms with Gasteiger partial charge in [-0.05, 0) is 25.7 Å². The van der Waals surface area contributed by atoms with Crippen molar-refractivity contribution in [3.8, 4) is 0 Å². The molecule has 12 heteroatoms. The van der Waals surface area contributed by atoms with Gasteiger partial charge in [0.25, 0.3) is 0 Å². The van der Waals surface area contributed by atoms with Gasteiger partial charge in [0.2, 0.25) is 0 Å². The Morgan fingerprint density at radius 1 is 0.300 bits per heavy atom. The van der Waals surface area contributed by atoms with Gasteiger partial charge in [-0.1, -0.05) is 12.8 Å². The molecule has 0 aliphatic heterocycles. The zero-order valence-corrected chi connectivity index (χ0v) is 16.6. The summed E-state index contributed by atoms with van der Waals surface area (Å²) >= 11 is 0. The van der Waals surface area contributed by atoms with E-state index in [9.17, 15) is 28.8 Å². The molecule has 0 unspecified atom stereocenters. The highest BCUT2D eigenvalue weighted by molar-refractivity contribution is 5.75. The van der Waals surface area contributed by atoms with E-state index in [4.69, 9.17) is 30.6 Å². The Labute approximate surface area is 173 Å². The molecule has 0 heterocycles. The number of carbonyl (C=O) groups is 6. The van der Waals surface area contributed by atoms with Crippen molar-refractivity contribution in [2.45, 2.75) is 77.0 Å². The maximum Gasteiger partial charge on any atom is 0.303 e. The fourth-order valence-electron chi connectivity index (χ4n) is 1.67. The van der Waals surface area contributed by atoms with Gasteiger partial charge < -0.3 is 30.6 Å². The van der Waals surface area contributed by atoms with Crippen LogP contribution in [0.5, 0.6) is 0 Å². The van der Waals surface area contributed by atoms with Gasteiger partial charge in [-0.2, -0.15) is 0 Å². The number of carboxylic acids is 6. The quantitative estimate of drug-likeness (QED) is 0.202. The van der Waals surface area contributed by atoms with Crippen molar-refractivity contribution in [1.29, 1.82) is 0 Å². The van der Waals surface area contributed by atoms with Crippen LogP contribution in [0.1, 0.15) is 77.0 Å². The van der Waals surface area contributed by atoms with Crippen LogP contribution in [0.15, 0.2) is 0 Å². The minimum absolute atomic E-state index is 0.0628. The topological polar surface area (TPSA) is 224 Å². The van der Waals surface area contributed by atoms with Crippen LogP contribution in [0.4, 0.5) is 0 Å². The average Bonchev–Trinajstić information content (AvgIpc) is 2.60. The van der Waals surface area contributed by atoms with Gasteiger partial charge in [-0.25, -0.2) is 0 Å². The molecule has 30 heavy (non-hydrogen) atoms. The summed E-state index contributed by atoms with van der Waals surface area (Å²) in [5, 5.41) is 48.6. The summed E-state index contributed by atoms with van der Waals surface area (Å²) < 4.78 is 0. The lowest BCUT2D eigenvalue weighted by Crippen LogP contribution is -2.00. The molecule has 0 saturated heterocycles. The van der Waals surface area contributed by atoms with Crippen LogP contribution < -0.4 is 0 Å². The molecule has 0 spiro atoms. The maximum atomic E-state index is 10.0. The van der Waals surface area contributed by atoms with Crippen LogP contribution in [0, 0.1) is 0 Å². The first kappa shape index (κ1) is 31.5. The largest absolute Gasteiger partial charge is 0.481 e. The van der Waals surface area contributed by atoms with E-state index in [2.05, 4.69) is 0 Å². The van der Waals surface area contributed by atoms with Gasteiger partial charge in [0.15, 0.2) is 0 Å². The summed E-state index contributed by atoms with van der Waals surface area (Å²) in [5.41, 5.74) is 0. The average molecular weight is 438 g/mol. The Hall–Kier alpha value is -3.18. The molecule has 174 valence electrons. The Bertz CT molecular complexity index is 493. The Morgan fingerprint density at radius 2 is 0.467 bits per heavy atom. The zero-order chi connectivity index (χ0) is 23.9. The van der Waals surface area contributed by atoms with E-state index in [1.54, 1.807) is 0 Å². The lowest BCUT2D eigenvalue weighted by Gasteiger charge is -1.96. The third kappa shape index (κ3) is 44.3. The van der Waals surface area contributed by atoms with E-state index >= 15 is 0 Å². The molecule has 6 N–H and O–H groups in total. The molecule has 0 aliphatic rings. The number of hydrogen-bond acceptors (Lipinski definition) is 6. The Balaban J connectivity index is -0.000000372. The van der Waals surface area contributed by atoms with Crippen molar-refractivity contribution in [3.05, 3.63) is 0 Å². The van der Waals surface area contributed by atoms with E-state index in [1.807, 2.05) is 0 Å². The first-order chi connectivity index (χ1) is 13.9. The van der Waals surface area contributed by atoms with E-state index in [-0.39, 0.29) is 38.5 Å². The molecular formula is C18H30O12. The second-order valence-corrected chi connectivity index (χ2v) is 5.98. The van der Waals surface area contributed by atoms with Crippen molar-refractivity contribution in [1.82, 2.24) is 0 Å². The molecule has 0 amide bonds. The van der Waals surface area contributed by atoms with Crippen LogP contribution >= 0.6 is 0 Å². The summed E-state index contributed by atoms with van der Waals surface area (Å²) in [6, 6.07) is 0. The monoisotopic (exact) mass is 438 g/mol. The Kier molecular flexibility index (Phi) is 23.2. The van der Waals surface area contributed by atoms with Crippen LogP contribution in [0.3, 0.4) is 0 Å². The standard InChI is InChI=1S/C8H14O4.C6H10O4.C4H6O4/c9-7(10)5-3-1-2-4-6-8(11)12;7-5(8)3-1-2-4-6(9)10;5-3(6)1-2-4(7)8/h1-6H2,(H,9,10)(H,11,12);1-4H2,(H,7,8)(H,9,10);1-2H2,(H,5,6)(H,7,8). The minimum atomic E-state index is -1.08. The molecule has 0 aromatic heterocycles. The number of unbranched alkanes of at least 4 members (excludes halogenated alkanes) is 4. The van der Waals surface area contributed by atoms with Crippen LogP contribution in [0.25, 0.3) is 0 Å². The summed E-state index contributed by atoms with van der Waals surface area (Å²) in [6.45, 7) is 0. The molecule has 12 nitrogen and oxygen atoms in total. The van der Waals surface area contributed by atoms with Gasteiger partial charge in [0.05, 0.1) is 12.8 Å². The van der Waals surface area contributed by atoms with Crippen LogP contribution in [-0.4, -0.2) is 66.5 Å². The second-order valence-electron chi connectivity index (χ2n) is 5.98. The predicted octanol–water partition coefficient (Wildman–Crippen LogP) is 2.15. The third-order valence-corrected chi connectivity index (χ3v) is 3.12. The van der Waals surface area contributed by atoms with Crippen molar-refractivity contribution in [2.24, 2.45) is 0 Å². The van der Waals surface area contributed by atoms with Crippen LogP contribution in [-0.2, 0) is 28.8 Å². The zero-order valence-electron chi connectivity index (χ0n) is 16.6. The maximum absolute atomic E-state index is 10.0. The molecule has 0 aliphatic carbocycles. The lowest BCUT2D eigenvalue weighted by molar-refractivity contribution is -0.143. The van der Waals surface area contributed by atoms with Gasteiger partial charge in [0.1, 0.15) is 0 Å². The smallest absolute Gasteiger partial charge is 0.303 e. The molecule has 0 rings (SSSR count). The molecule has 0 atom stereocenters. The third-order valence-electron chi connectivity index (χ3n) is 3.12. The van der Waals surface area contributed by atoms with E-state index < -0.39 is 35.8 Å². The summed E-state index contributed by atoms with van der Waals surface area (Å²) in [7, 11) is 0. The highest BCUT2D eigenvalue weighted by Crippen LogP contribution is 2.05. The Morgan fingerprint density at radius 3 is 0.633 bits per heavy atom. The molecule has 0 radical (unpaired) electrons.